The van der Waals surface area contributed by atoms with E-state index in [2.05, 4.69) is 5.32 Å². The van der Waals surface area contributed by atoms with Gasteiger partial charge in [0.1, 0.15) is 17.2 Å². The summed E-state index contributed by atoms with van der Waals surface area (Å²) in [7, 11) is 0. The highest BCUT2D eigenvalue weighted by atomic mass is 16.6. The minimum absolute atomic E-state index is 0.0811. The molecule has 6 nitrogen and oxygen atoms in total. The molecule has 1 atom stereocenters. The van der Waals surface area contributed by atoms with Gasteiger partial charge < -0.3 is 19.9 Å². The van der Waals surface area contributed by atoms with E-state index in [1.165, 1.54) is 0 Å². The number of hydrogen-bond acceptors (Lipinski definition) is 5. The molecule has 1 saturated carbocycles. The summed E-state index contributed by atoms with van der Waals surface area (Å²) in [5.74, 6) is -0.519. The Hall–Kier alpha value is -1.30. The molecule has 1 aliphatic carbocycles. The van der Waals surface area contributed by atoms with Gasteiger partial charge >= 0.3 is 12.1 Å². The number of esters is 1. The molecule has 0 aromatic heterocycles. The van der Waals surface area contributed by atoms with E-state index >= 15 is 0 Å². The van der Waals surface area contributed by atoms with Gasteiger partial charge in [0.25, 0.3) is 0 Å². The Morgan fingerprint density at radius 2 is 1.76 bits per heavy atom. The Kier molecular flexibility index (Phi) is 6.01. The van der Waals surface area contributed by atoms with Crippen molar-refractivity contribution in [2.24, 2.45) is 0 Å². The normalized spacial score (nSPS) is 18.9. The van der Waals surface area contributed by atoms with Crippen molar-refractivity contribution in [1.82, 2.24) is 5.32 Å². The number of ether oxygens (including phenoxy) is 2. The van der Waals surface area contributed by atoms with E-state index < -0.39 is 23.2 Å². The third-order valence-corrected chi connectivity index (χ3v) is 3.42. The van der Waals surface area contributed by atoms with E-state index in [0.29, 0.717) is 0 Å². The second-order valence-electron chi connectivity index (χ2n) is 6.74. The van der Waals surface area contributed by atoms with Gasteiger partial charge in [-0.05, 0) is 53.4 Å². The molecule has 1 aliphatic rings. The van der Waals surface area contributed by atoms with Gasteiger partial charge in [0.05, 0.1) is 0 Å². The monoisotopic (exact) mass is 301 g/mol. The van der Waals surface area contributed by atoms with E-state index in [1.807, 2.05) is 0 Å². The Balaban J connectivity index is 2.66. The lowest BCUT2D eigenvalue weighted by molar-refractivity contribution is -0.157. The zero-order valence-corrected chi connectivity index (χ0v) is 13.4. The average molecular weight is 301 g/mol. The molecule has 21 heavy (non-hydrogen) atoms. The zero-order valence-electron chi connectivity index (χ0n) is 13.4. The maximum absolute atomic E-state index is 12.3. The number of nitrogens with one attached hydrogen (secondary N) is 1. The molecule has 1 amide bonds. The highest BCUT2D eigenvalue weighted by molar-refractivity contribution is 5.85. The van der Waals surface area contributed by atoms with Gasteiger partial charge in [-0.1, -0.05) is 0 Å². The molecule has 122 valence electrons. The Morgan fingerprint density at radius 1 is 1.19 bits per heavy atom. The smallest absolute Gasteiger partial charge is 0.408 e. The van der Waals surface area contributed by atoms with Crippen molar-refractivity contribution in [2.45, 2.75) is 77.0 Å². The van der Waals surface area contributed by atoms with Crippen LogP contribution in [0.15, 0.2) is 0 Å². The SMILES string of the molecule is CC(C)(C)OC(=O)N[C@](C)(CCO)C(=O)OC1CCCC1. The first-order chi connectivity index (χ1) is 9.66. The Labute approximate surface area is 126 Å². The molecule has 0 aliphatic heterocycles. The van der Waals surface area contributed by atoms with E-state index in [-0.39, 0.29) is 19.1 Å². The molecule has 2 N–H and O–H groups in total. The lowest BCUT2D eigenvalue weighted by atomic mass is 9.98. The van der Waals surface area contributed by atoms with Crippen LogP contribution < -0.4 is 5.32 Å². The van der Waals surface area contributed by atoms with E-state index in [9.17, 15) is 9.59 Å². The molecule has 0 radical (unpaired) electrons. The van der Waals surface area contributed by atoms with E-state index in [1.54, 1.807) is 27.7 Å². The lowest BCUT2D eigenvalue weighted by Crippen LogP contribution is -2.55. The molecule has 0 aromatic rings. The van der Waals surface area contributed by atoms with Crippen LogP contribution in [-0.4, -0.2) is 41.0 Å². The molecule has 0 saturated heterocycles. The minimum atomic E-state index is -1.28. The van der Waals surface area contributed by atoms with Gasteiger partial charge in [-0.3, -0.25) is 0 Å². The maximum Gasteiger partial charge on any atom is 0.408 e. The summed E-state index contributed by atoms with van der Waals surface area (Å²) in [6, 6.07) is 0. The molecule has 1 fully saturated rings. The molecule has 0 spiro atoms. The summed E-state index contributed by atoms with van der Waals surface area (Å²) < 4.78 is 10.6. The summed E-state index contributed by atoms with van der Waals surface area (Å²) in [5, 5.41) is 11.7. The first kappa shape index (κ1) is 17.8. The minimum Gasteiger partial charge on any atom is -0.461 e. The zero-order chi connectivity index (χ0) is 16.1. The number of carbonyl (C=O) groups excluding carboxylic acids is 2. The van der Waals surface area contributed by atoms with Gasteiger partial charge in [0, 0.05) is 13.0 Å². The fourth-order valence-corrected chi connectivity index (χ4v) is 2.26. The molecule has 0 aromatic carbocycles. The summed E-state index contributed by atoms with van der Waals surface area (Å²) in [6.45, 7) is 6.54. The van der Waals surface area contributed by atoms with Crippen LogP contribution >= 0.6 is 0 Å². The van der Waals surface area contributed by atoms with E-state index in [0.717, 1.165) is 25.7 Å². The van der Waals surface area contributed by atoms with E-state index in [4.69, 9.17) is 14.6 Å². The molecule has 6 heteroatoms. The predicted octanol–water partition coefficient (Wildman–Crippen LogP) is 2.14. The number of rotatable bonds is 5. The highest BCUT2D eigenvalue weighted by Crippen LogP contribution is 2.24. The standard InChI is InChI=1S/C15H27NO5/c1-14(2,3)21-13(19)16-15(4,9-10-17)12(18)20-11-7-5-6-8-11/h11,17H,5-10H2,1-4H3,(H,16,19)/t15-/m1/s1. The van der Waals surface area contributed by atoms with Gasteiger partial charge in [0.2, 0.25) is 0 Å². The van der Waals surface area contributed by atoms with Gasteiger partial charge in [-0.25, -0.2) is 9.59 Å². The van der Waals surface area contributed by atoms with Crippen LogP contribution in [-0.2, 0) is 14.3 Å². The molecule has 0 unspecified atom stereocenters. The summed E-state index contributed by atoms with van der Waals surface area (Å²) in [4.78, 5) is 24.2. The third kappa shape index (κ3) is 5.91. The van der Waals surface area contributed by atoms with Crippen LogP contribution in [0.5, 0.6) is 0 Å². The molecular weight excluding hydrogens is 274 g/mol. The molecule has 0 bridgehead atoms. The second kappa shape index (κ2) is 7.11. The molecule has 0 heterocycles. The molecule has 1 rings (SSSR count). The number of carbonyl (C=O) groups is 2. The predicted molar refractivity (Wildman–Crippen MR) is 77.8 cm³/mol. The third-order valence-electron chi connectivity index (χ3n) is 3.42. The Morgan fingerprint density at radius 3 is 2.24 bits per heavy atom. The van der Waals surface area contributed by atoms with Gasteiger partial charge in [0.15, 0.2) is 0 Å². The first-order valence-electron chi connectivity index (χ1n) is 7.49. The van der Waals surface area contributed by atoms with Crippen LogP contribution in [0.4, 0.5) is 4.79 Å². The van der Waals surface area contributed by atoms with Crippen LogP contribution in [0.3, 0.4) is 0 Å². The van der Waals surface area contributed by atoms with Crippen molar-refractivity contribution in [3.63, 3.8) is 0 Å². The Bertz CT molecular complexity index is 371. The van der Waals surface area contributed by atoms with Crippen molar-refractivity contribution in [2.75, 3.05) is 6.61 Å². The summed E-state index contributed by atoms with van der Waals surface area (Å²) in [6.07, 6.45) is 3.11. The summed E-state index contributed by atoms with van der Waals surface area (Å²) in [5.41, 5.74) is -1.93. The van der Waals surface area contributed by atoms with Crippen molar-refractivity contribution in [3.8, 4) is 0 Å². The fourth-order valence-electron chi connectivity index (χ4n) is 2.26. The quantitative estimate of drug-likeness (QED) is 0.760. The second-order valence-corrected chi connectivity index (χ2v) is 6.74. The van der Waals surface area contributed by atoms with Crippen molar-refractivity contribution in [3.05, 3.63) is 0 Å². The van der Waals surface area contributed by atoms with Crippen molar-refractivity contribution >= 4 is 12.1 Å². The van der Waals surface area contributed by atoms with Crippen LogP contribution in [0.2, 0.25) is 0 Å². The number of hydrogen-bond donors (Lipinski definition) is 2. The number of amides is 1. The summed E-state index contributed by atoms with van der Waals surface area (Å²) >= 11 is 0. The van der Waals surface area contributed by atoms with Gasteiger partial charge in [-0.15, -0.1) is 0 Å². The fraction of sp³-hybridized carbons (Fsp3) is 0.867. The average Bonchev–Trinajstić information content (AvgIpc) is 2.78. The van der Waals surface area contributed by atoms with Crippen LogP contribution in [0.1, 0.15) is 59.8 Å². The van der Waals surface area contributed by atoms with Gasteiger partial charge in [-0.2, -0.15) is 0 Å². The number of alkyl carbamates (subject to hydrolysis) is 1. The van der Waals surface area contributed by atoms with Crippen LogP contribution in [0, 0.1) is 0 Å². The molecular formula is C15H27NO5. The largest absolute Gasteiger partial charge is 0.461 e. The number of aliphatic hydroxyl groups is 1. The maximum atomic E-state index is 12.3. The first-order valence-corrected chi connectivity index (χ1v) is 7.49. The number of aliphatic hydroxyl groups excluding tert-OH is 1. The van der Waals surface area contributed by atoms with Crippen molar-refractivity contribution in [1.29, 1.82) is 0 Å². The highest BCUT2D eigenvalue weighted by Gasteiger charge is 2.39. The van der Waals surface area contributed by atoms with Crippen LogP contribution in [0.25, 0.3) is 0 Å². The lowest BCUT2D eigenvalue weighted by Gasteiger charge is -2.30. The van der Waals surface area contributed by atoms with Crippen molar-refractivity contribution < 1.29 is 24.2 Å². The topological polar surface area (TPSA) is 84.9 Å².